The van der Waals surface area contributed by atoms with Crippen molar-refractivity contribution in [2.45, 2.75) is 6.92 Å². The van der Waals surface area contributed by atoms with Gasteiger partial charge in [0.05, 0.1) is 5.69 Å². The molecule has 0 spiro atoms. The Morgan fingerprint density at radius 1 is 1.07 bits per heavy atom. The van der Waals surface area contributed by atoms with Gasteiger partial charge in [-0.2, -0.15) is 0 Å². The predicted molar refractivity (Wildman–Crippen MR) is 52.2 cm³/mol. The highest BCUT2D eigenvalue weighted by Gasteiger charge is 2.37. The Morgan fingerprint density at radius 2 is 1.67 bits per heavy atom. The van der Waals surface area contributed by atoms with Gasteiger partial charge in [0.2, 0.25) is 0 Å². The van der Waals surface area contributed by atoms with E-state index in [4.69, 9.17) is 0 Å². The average Bonchev–Trinajstić information content (AvgIpc) is 2.44. The Kier molecular flexibility index (Phi) is 2.00. The topological polar surface area (TPSA) is 66.5 Å². The van der Waals surface area contributed by atoms with Gasteiger partial charge < -0.3 is 0 Å². The number of anilines is 1. The van der Waals surface area contributed by atoms with Crippen LogP contribution in [-0.2, 0) is 9.59 Å². The maximum absolute atomic E-state index is 11.3. The van der Waals surface area contributed by atoms with Crippen molar-refractivity contribution in [1.29, 1.82) is 0 Å². The van der Waals surface area contributed by atoms with Crippen LogP contribution >= 0.6 is 0 Å². The number of hydrogen-bond acceptors (Lipinski definition) is 3. The summed E-state index contributed by atoms with van der Waals surface area (Å²) in [6, 6.07) is 6.06. The number of imide groups is 2. The van der Waals surface area contributed by atoms with E-state index in [2.05, 4.69) is 0 Å². The lowest BCUT2D eigenvalue weighted by Crippen LogP contribution is -2.30. The molecule has 1 heterocycles. The van der Waals surface area contributed by atoms with Gasteiger partial charge in [0.15, 0.2) is 0 Å². The fraction of sp³-hybridized carbons (Fsp3) is 0.100. The summed E-state index contributed by atoms with van der Waals surface area (Å²) < 4.78 is 0. The lowest BCUT2D eigenvalue weighted by molar-refractivity contribution is -0.134. The van der Waals surface area contributed by atoms with Gasteiger partial charge in [-0.3, -0.25) is 14.9 Å². The van der Waals surface area contributed by atoms with Crippen molar-refractivity contribution < 1.29 is 14.4 Å². The van der Waals surface area contributed by atoms with Crippen LogP contribution < -0.4 is 10.2 Å². The van der Waals surface area contributed by atoms with Gasteiger partial charge in [-0.25, -0.2) is 9.69 Å². The van der Waals surface area contributed by atoms with E-state index in [1.807, 2.05) is 12.2 Å². The second-order valence-electron chi connectivity index (χ2n) is 3.24. The number of aryl methyl sites for hydroxylation is 1. The van der Waals surface area contributed by atoms with Crippen molar-refractivity contribution in [3.63, 3.8) is 0 Å². The first-order valence-electron chi connectivity index (χ1n) is 4.35. The van der Waals surface area contributed by atoms with E-state index in [0.717, 1.165) is 10.5 Å². The highest BCUT2D eigenvalue weighted by atomic mass is 16.2. The SMILES string of the molecule is Cc1ccc(N2C(=O)NC(=O)C2=O)cc1. The summed E-state index contributed by atoms with van der Waals surface area (Å²) in [5, 5.41) is 1.93. The van der Waals surface area contributed by atoms with Crippen molar-refractivity contribution in [2.24, 2.45) is 0 Å². The molecule has 1 N–H and O–H groups in total. The number of nitrogens with zero attached hydrogens (tertiary/aromatic N) is 1. The van der Waals surface area contributed by atoms with Crippen LogP contribution in [0.3, 0.4) is 0 Å². The zero-order chi connectivity index (χ0) is 11.0. The zero-order valence-corrected chi connectivity index (χ0v) is 7.98. The van der Waals surface area contributed by atoms with Gasteiger partial charge in [-0.05, 0) is 19.1 Å². The Labute approximate surface area is 85.7 Å². The van der Waals surface area contributed by atoms with E-state index in [0.29, 0.717) is 5.69 Å². The molecule has 5 heteroatoms. The number of amides is 4. The second-order valence-corrected chi connectivity index (χ2v) is 3.24. The van der Waals surface area contributed by atoms with Crippen LogP contribution in [-0.4, -0.2) is 17.8 Å². The number of urea groups is 1. The molecule has 0 bridgehead atoms. The molecule has 1 aromatic carbocycles. The summed E-state index contributed by atoms with van der Waals surface area (Å²) in [7, 11) is 0. The first-order chi connectivity index (χ1) is 7.09. The lowest BCUT2D eigenvalue weighted by Gasteiger charge is -2.10. The van der Waals surface area contributed by atoms with Gasteiger partial charge in [-0.1, -0.05) is 17.7 Å². The molecule has 0 unspecified atom stereocenters. The van der Waals surface area contributed by atoms with Crippen molar-refractivity contribution >= 4 is 23.5 Å². The fourth-order valence-corrected chi connectivity index (χ4v) is 1.33. The van der Waals surface area contributed by atoms with E-state index >= 15 is 0 Å². The highest BCUT2D eigenvalue weighted by Crippen LogP contribution is 2.17. The number of benzene rings is 1. The molecular formula is C10H8N2O3. The van der Waals surface area contributed by atoms with E-state index in [1.165, 1.54) is 0 Å². The summed E-state index contributed by atoms with van der Waals surface area (Å²) in [6.45, 7) is 1.89. The third kappa shape index (κ3) is 1.48. The highest BCUT2D eigenvalue weighted by molar-refractivity contribution is 6.53. The van der Waals surface area contributed by atoms with E-state index in [-0.39, 0.29) is 0 Å². The number of carbonyl (C=O) groups excluding carboxylic acids is 3. The van der Waals surface area contributed by atoms with Crippen LogP contribution in [0.1, 0.15) is 5.56 Å². The van der Waals surface area contributed by atoms with Gasteiger partial charge in [0.1, 0.15) is 0 Å². The summed E-state index contributed by atoms with van der Waals surface area (Å²) in [6.07, 6.45) is 0. The molecular weight excluding hydrogens is 196 g/mol. The van der Waals surface area contributed by atoms with Gasteiger partial charge in [-0.15, -0.1) is 0 Å². The van der Waals surface area contributed by atoms with Crippen LogP contribution in [0.15, 0.2) is 24.3 Å². The molecule has 0 atom stereocenters. The monoisotopic (exact) mass is 204 g/mol. The van der Waals surface area contributed by atoms with Crippen LogP contribution in [0.5, 0.6) is 0 Å². The Balaban J connectivity index is 2.39. The van der Waals surface area contributed by atoms with Crippen LogP contribution in [0.25, 0.3) is 0 Å². The molecule has 1 saturated heterocycles. The molecule has 2 rings (SSSR count). The number of carbonyl (C=O) groups is 3. The first-order valence-corrected chi connectivity index (χ1v) is 4.35. The Hall–Kier alpha value is -2.17. The maximum atomic E-state index is 11.3. The predicted octanol–water partition coefficient (Wildman–Crippen LogP) is 0.578. The molecule has 0 saturated carbocycles. The molecule has 0 aromatic heterocycles. The summed E-state index contributed by atoms with van der Waals surface area (Å²) in [5.74, 6) is -1.73. The molecule has 0 radical (unpaired) electrons. The first kappa shape index (κ1) is 9.39. The molecule has 1 aromatic rings. The minimum Gasteiger partial charge on any atom is -0.269 e. The molecule has 0 aliphatic carbocycles. The largest absolute Gasteiger partial charge is 0.336 e. The van der Waals surface area contributed by atoms with Gasteiger partial charge in [0, 0.05) is 0 Å². The van der Waals surface area contributed by atoms with Crippen molar-refractivity contribution in [3.05, 3.63) is 29.8 Å². The van der Waals surface area contributed by atoms with Gasteiger partial charge in [0.25, 0.3) is 0 Å². The van der Waals surface area contributed by atoms with Crippen LogP contribution in [0.2, 0.25) is 0 Å². The third-order valence-electron chi connectivity index (χ3n) is 2.11. The third-order valence-corrected chi connectivity index (χ3v) is 2.11. The summed E-state index contributed by atoms with van der Waals surface area (Å²) in [5.41, 5.74) is 1.41. The van der Waals surface area contributed by atoms with E-state index in [9.17, 15) is 14.4 Å². The molecule has 76 valence electrons. The molecule has 4 amide bonds. The van der Waals surface area contributed by atoms with Gasteiger partial charge >= 0.3 is 17.8 Å². The fourth-order valence-electron chi connectivity index (χ4n) is 1.33. The van der Waals surface area contributed by atoms with Crippen molar-refractivity contribution in [3.8, 4) is 0 Å². The van der Waals surface area contributed by atoms with Crippen LogP contribution in [0, 0.1) is 6.92 Å². The molecule has 1 aliphatic heterocycles. The smallest absolute Gasteiger partial charge is 0.269 e. The maximum Gasteiger partial charge on any atom is 0.336 e. The quantitative estimate of drug-likeness (QED) is 0.537. The molecule has 5 nitrogen and oxygen atoms in total. The molecule has 15 heavy (non-hydrogen) atoms. The Bertz CT molecular complexity index is 450. The van der Waals surface area contributed by atoms with E-state index in [1.54, 1.807) is 24.3 Å². The summed E-state index contributed by atoms with van der Waals surface area (Å²) in [4.78, 5) is 34.3. The normalized spacial score (nSPS) is 15.8. The second kappa shape index (κ2) is 3.20. The van der Waals surface area contributed by atoms with E-state index < -0.39 is 17.8 Å². The zero-order valence-electron chi connectivity index (χ0n) is 7.98. The lowest BCUT2D eigenvalue weighted by atomic mass is 10.2. The number of hydrogen-bond donors (Lipinski definition) is 1. The number of nitrogens with one attached hydrogen (secondary N) is 1. The molecule has 1 aliphatic rings. The van der Waals surface area contributed by atoms with Crippen molar-refractivity contribution in [2.75, 3.05) is 4.90 Å². The standard InChI is InChI=1S/C10H8N2O3/c1-6-2-4-7(5-3-6)12-9(14)8(13)11-10(12)15/h2-5H,1H3,(H,11,13,15). The number of rotatable bonds is 1. The van der Waals surface area contributed by atoms with Crippen molar-refractivity contribution in [1.82, 2.24) is 5.32 Å². The minimum atomic E-state index is -0.888. The Morgan fingerprint density at radius 3 is 2.13 bits per heavy atom. The average molecular weight is 204 g/mol. The van der Waals surface area contributed by atoms with Crippen LogP contribution in [0.4, 0.5) is 10.5 Å². The summed E-state index contributed by atoms with van der Waals surface area (Å²) >= 11 is 0. The molecule has 1 fully saturated rings. The minimum absolute atomic E-state index is 0.397.